The lowest BCUT2D eigenvalue weighted by atomic mass is 9.96. The van der Waals surface area contributed by atoms with Crippen molar-refractivity contribution in [3.05, 3.63) is 0 Å². The van der Waals surface area contributed by atoms with Crippen molar-refractivity contribution < 1.29 is 19.5 Å². The smallest absolute Gasteiger partial charge is 0.315 e. The van der Waals surface area contributed by atoms with E-state index in [9.17, 15) is 14.4 Å². The van der Waals surface area contributed by atoms with Gasteiger partial charge in [-0.1, -0.05) is 13.8 Å². The van der Waals surface area contributed by atoms with E-state index in [-0.39, 0.29) is 19.0 Å². The number of carboxylic acids is 1. The van der Waals surface area contributed by atoms with Gasteiger partial charge in [-0.05, 0) is 5.92 Å². The Hall–Kier alpha value is -1.79. The topological polar surface area (TPSA) is 122 Å². The maximum absolute atomic E-state index is 11.1. The summed E-state index contributed by atoms with van der Waals surface area (Å²) in [5, 5.41) is 13.4. The minimum absolute atomic E-state index is 0.0115. The fourth-order valence-electron chi connectivity index (χ4n) is 1.04. The molecule has 0 rings (SSSR count). The van der Waals surface area contributed by atoms with E-state index in [0.29, 0.717) is 0 Å². The molecule has 0 heterocycles. The highest BCUT2D eigenvalue weighted by Crippen LogP contribution is 2.09. The lowest BCUT2D eigenvalue weighted by molar-refractivity contribution is -0.143. The Kier molecular flexibility index (Phi) is 5.91. The van der Waals surface area contributed by atoms with Crippen LogP contribution in [-0.4, -0.2) is 36.1 Å². The van der Waals surface area contributed by atoms with E-state index in [1.807, 2.05) is 0 Å². The van der Waals surface area contributed by atoms with Crippen molar-refractivity contribution in [2.24, 2.45) is 17.6 Å². The molecule has 7 nitrogen and oxygen atoms in total. The maximum Gasteiger partial charge on any atom is 0.315 e. The molecule has 1 unspecified atom stereocenters. The summed E-state index contributed by atoms with van der Waals surface area (Å²) in [6.07, 6.45) is 0. The fraction of sp³-hybridized carbons (Fsp3) is 0.667. The molecule has 0 spiro atoms. The van der Waals surface area contributed by atoms with Gasteiger partial charge in [-0.3, -0.25) is 9.59 Å². The number of hydrogen-bond donors (Lipinski definition) is 4. The highest BCUT2D eigenvalue weighted by Gasteiger charge is 2.21. The molecular formula is C9H17N3O4. The molecule has 0 aromatic rings. The molecule has 0 bridgehead atoms. The third kappa shape index (κ3) is 5.84. The normalized spacial score (nSPS) is 11.9. The van der Waals surface area contributed by atoms with Gasteiger partial charge in [0.2, 0.25) is 5.91 Å². The van der Waals surface area contributed by atoms with Gasteiger partial charge in [0.15, 0.2) is 0 Å². The molecule has 0 saturated heterocycles. The van der Waals surface area contributed by atoms with E-state index >= 15 is 0 Å². The molecule has 0 aliphatic carbocycles. The van der Waals surface area contributed by atoms with Crippen LogP contribution < -0.4 is 16.4 Å². The van der Waals surface area contributed by atoms with Gasteiger partial charge in [-0.15, -0.1) is 0 Å². The monoisotopic (exact) mass is 231 g/mol. The van der Waals surface area contributed by atoms with E-state index in [4.69, 9.17) is 10.8 Å². The number of nitrogens with one attached hydrogen (secondary N) is 2. The van der Waals surface area contributed by atoms with Gasteiger partial charge >= 0.3 is 12.0 Å². The fourth-order valence-corrected chi connectivity index (χ4v) is 1.04. The molecule has 0 aliphatic rings. The summed E-state index contributed by atoms with van der Waals surface area (Å²) in [5.74, 6) is -2.37. The van der Waals surface area contributed by atoms with Gasteiger partial charge in [0, 0.05) is 6.54 Å². The molecule has 7 heteroatoms. The zero-order chi connectivity index (χ0) is 12.7. The van der Waals surface area contributed by atoms with Crippen LogP contribution in [-0.2, 0) is 9.59 Å². The molecule has 0 fully saturated rings. The molecule has 0 saturated carbocycles. The van der Waals surface area contributed by atoms with E-state index < -0.39 is 23.8 Å². The molecule has 0 aliphatic heterocycles. The van der Waals surface area contributed by atoms with Gasteiger partial charge in [-0.2, -0.15) is 0 Å². The molecule has 92 valence electrons. The summed E-state index contributed by atoms with van der Waals surface area (Å²) in [4.78, 5) is 32.2. The molecule has 0 aromatic heterocycles. The molecule has 5 N–H and O–H groups in total. The number of aliphatic carboxylic acids is 1. The summed E-state index contributed by atoms with van der Waals surface area (Å²) in [5.41, 5.74) is 4.82. The van der Waals surface area contributed by atoms with Crippen molar-refractivity contribution in [3.63, 3.8) is 0 Å². The predicted octanol–water partition coefficient (Wildman–Crippen LogP) is -0.872. The third-order valence-corrected chi connectivity index (χ3v) is 2.03. The van der Waals surface area contributed by atoms with Crippen LogP contribution in [0.15, 0.2) is 0 Å². The van der Waals surface area contributed by atoms with Crippen LogP contribution in [0.25, 0.3) is 0 Å². The van der Waals surface area contributed by atoms with Gasteiger partial charge in [0.1, 0.15) is 0 Å². The Morgan fingerprint density at radius 1 is 1.25 bits per heavy atom. The summed E-state index contributed by atoms with van der Waals surface area (Å²) in [6.45, 7) is 3.24. The van der Waals surface area contributed by atoms with Crippen molar-refractivity contribution in [1.82, 2.24) is 10.6 Å². The second kappa shape index (κ2) is 6.65. The SMILES string of the molecule is CC(C)C(CNC(=O)NCC(N)=O)C(=O)O. The first-order chi connectivity index (χ1) is 7.34. The first-order valence-electron chi connectivity index (χ1n) is 4.87. The zero-order valence-electron chi connectivity index (χ0n) is 9.32. The summed E-state index contributed by atoms with van der Waals surface area (Å²) < 4.78 is 0. The number of urea groups is 1. The molecule has 0 radical (unpaired) electrons. The summed E-state index contributed by atoms with van der Waals surface area (Å²) >= 11 is 0. The number of amides is 3. The predicted molar refractivity (Wildman–Crippen MR) is 56.6 cm³/mol. The average Bonchev–Trinajstić information content (AvgIpc) is 2.13. The number of carbonyl (C=O) groups excluding carboxylic acids is 2. The molecule has 16 heavy (non-hydrogen) atoms. The van der Waals surface area contributed by atoms with Crippen LogP contribution >= 0.6 is 0 Å². The Bertz CT molecular complexity index is 278. The average molecular weight is 231 g/mol. The van der Waals surface area contributed by atoms with E-state index in [1.54, 1.807) is 13.8 Å². The maximum atomic E-state index is 11.1. The van der Waals surface area contributed by atoms with Crippen LogP contribution in [0.5, 0.6) is 0 Å². The van der Waals surface area contributed by atoms with Gasteiger partial charge in [0.05, 0.1) is 12.5 Å². The van der Waals surface area contributed by atoms with Crippen molar-refractivity contribution in [2.45, 2.75) is 13.8 Å². The minimum Gasteiger partial charge on any atom is -0.481 e. The first kappa shape index (κ1) is 14.2. The Balaban J connectivity index is 3.97. The third-order valence-electron chi connectivity index (χ3n) is 2.03. The lowest BCUT2D eigenvalue weighted by Gasteiger charge is -2.16. The molecule has 0 aromatic carbocycles. The Morgan fingerprint density at radius 2 is 1.81 bits per heavy atom. The van der Waals surface area contributed by atoms with Crippen molar-refractivity contribution in [3.8, 4) is 0 Å². The summed E-state index contributed by atoms with van der Waals surface area (Å²) in [7, 11) is 0. The Morgan fingerprint density at radius 3 is 2.19 bits per heavy atom. The number of carbonyl (C=O) groups is 3. The van der Waals surface area contributed by atoms with Gasteiger partial charge < -0.3 is 21.5 Å². The highest BCUT2D eigenvalue weighted by molar-refractivity contribution is 5.83. The Labute approximate surface area is 93.4 Å². The van der Waals surface area contributed by atoms with Crippen molar-refractivity contribution in [1.29, 1.82) is 0 Å². The van der Waals surface area contributed by atoms with Gasteiger partial charge in [0.25, 0.3) is 0 Å². The standard InChI is InChI=1S/C9H17N3O4/c1-5(2)6(8(14)15)3-11-9(16)12-4-7(10)13/h5-6H,3-4H2,1-2H3,(H2,10,13)(H,14,15)(H2,11,12,16). The van der Waals surface area contributed by atoms with Crippen LogP contribution in [0.3, 0.4) is 0 Å². The highest BCUT2D eigenvalue weighted by atomic mass is 16.4. The number of hydrogen-bond acceptors (Lipinski definition) is 3. The van der Waals surface area contributed by atoms with Crippen molar-refractivity contribution >= 4 is 17.9 Å². The minimum atomic E-state index is -0.967. The van der Waals surface area contributed by atoms with Crippen molar-refractivity contribution in [2.75, 3.05) is 13.1 Å². The molecule has 1 atom stereocenters. The zero-order valence-corrected chi connectivity index (χ0v) is 9.32. The lowest BCUT2D eigenvalue weighted by Crippen LogP contribution is -2.43. The van der Waals surface area contributed by atoms with Crippen LogP contribution in [0, 0.1) is 11.8 Å². The van der Waals surface area contributed by atoms with Crippen LogP contribution in [0.1, 0.15) is 13.8 Å². The van der Waals surface area contributed by atoms with E-state index in [1.165, 1.54) is 0 Å². The largest absolute Gasteiger partial charge is 0.481 e. The molecular weight excluding hydrogens is 214 g/mol. The quantitative estimate of drug-likeness (QED) is 0.474. The number of primary amides is 1. The van der Waals surface area contributed by atoms with E-state index in [0.717, 1.165) is 0 Å². The van der Waals surface area contributed by atoms with E-state index in [2.05, 4.69) is 10.6 Å². The second-order valence-electron chi connectivity index (χ2n) is 3.72. The van der Waals surface area contributed by atoms with Gasteiger partial charge in [-0.25, -0.2) is 4.79 Å². The summed E-state index contributed by atoms with van der Waals surface area (Å²) in [6, 6.07) is -0.606. The van der Waals surface area contributed by atoms with Crippen LogP contribution in [0.4, 0.5) is 4.79 Å². The number of carboxylic acid groups (broad SMARTS) is 1. The number of rotatable bonds is 6. The first-order valence-corrected chi connectivity index (χ1v) is 4.87. The number of nitrogens with two attached hydrogens (primary N) is 1. The van der Waals surface area contributed by atoms with Crippen LogP contribution in [0.2, 0.25) is 0 Å². The second-order valence-corrected chi connectivity index (χ2v) is 3.72. The molecule has 3 amide bonds.